The Balaban J connectivity index is 4.01. The van der Waals surface area contributed by atoms with Crippen molar-refractivity contribution in [2.24, 2.45) is 0 Å². The van der Waals surface area contributed by atoms with Crippen LogP contribution in [0.4, 0.5) is 0 Å². The summed E-state index contributed by atoms with van der Waals surface area (Å²) in [4.78, 5) is 0. The summed E-state index contributed by atoms with van der Waals surface area (Å²) in [6, 6.07) is 0.0886. The molecule has 0 amide bonds. The second-order valence-electron chi connectivity index (χ2n) is 2.69. The minimum Gasteiger partial charge on any atom is -0.317 e. The maximum absolute atomic E-state index is 8.58. The van der Waals surface area contributed by atoms with Crippen LogP contribution in [0.5, 0.6) is 0 Å². The van der Waals surface area contributed by atoms with E-state index in [0.717, 1.165) is 6.42 Å². The highest BCUT2D eigenvalue weighted by molar-refractivity contribution is 5.21. The third-order valence-electron chi connectivity index (χ3n) is 1.58. The van der Waals surface area contributed by atoms with Crippen molar-refractivity contribution in [2.45, 2.75) is 26.3 Å². The van der Waals surface area contributed by atoms with Crippen LogP contribution in [-0.4, -0.2) is 11.2 Å². The highest BCUT2D eigenvalue weighted by atomic mass is 16.5. The van der Waals surface area contributed by atoms with Gasteiger partial charge in [-0.3, -0.25) is 0 Å². The molecule has 0 aromatic carbocycles. The van der Waals surface area contributed by atoms with Crippen LogP contribution in [0.25, 0.3) is 0 Å². The Morgan fingerprint density at radius 2 is 2.33 bits per heavy atom. The minimum absolute atomic E-state index is 0.0886. The van der Waals surface area contributed by atoms with Gasteiger partial charge in [-0.05, 0) is 20.3 Å². The van der Waals surface area contributed by atoms with Crippen molar-refractivity contribution in [1.82, 2.24) is 5.48 Å². The lowest BCUT2D eigenvalue weighted by molar-refractivity contribution is 0.133. The first kappa shape index (κ1) is 11.1. The van der Waals surface area contributed by atoms with Gasteiger partial charge in [0.15, 0.2) is 0 Å². The van der Waals surface area contributed by atoms with E-state index in [9.17, 15) is 0 Å². The first-order chi connectivity index (χ1) is 5.74. The zero-order valence-corrected chi connectivity index (χ0v) is 7.75. The molecule has 0 heterocycles. The van der Waals surface area contributed by atoms with E-state index in [-0.39, 0.29) is 6.04 Å². The maximum atomic E-state index is 8.58. The number of hydrogen-bond acceptors (Lipinski definition) is 2. The van der Waals surface area contributed by atoms with Crippen LogP contribution in [0.3, 0.4) is 0 Å². The first-order valence-electron chi connectivity index (χ1n) is 4.08. The molecule has 2 heteroatoms. The van der Waals surface area contributed by atoms with Crippen molar-refractivity contribution in [3.63, 3.8) is 0 Å². The summed E-state index contributed by atoms with van der Waals surface area (Å²) in [5.41, 5.74) is 3.39. The Bertz CT molecular complexity index is 182. The molecular weight excluding hydrogens is 150 g/mol. The summed E-state index contributed by atoms with van der Waals surface area (Å²) >= 11 is 0. The van der Waals surface area contributed by atoms with Crippen LogP contribution in [0.1, 0.15) is 20.3 Å². The normalized spacial score (nSPS) is 15.1. The standard InChI is InChI=1S/C10H17NO/c1-4-6-7-10(5-2)8-9(3)11-12/h4-7,9,11-12H,1,8H2,2-3H3/b7-6-,10-5+/t9-/m1/s1. The minimum atomic E-state index is 0.0886. The summed E-state index contributed by atoms with van der Waals surface area (Å²) in [5.74, 6) is 0. The fourth-order valence-corrected chi connectivity index (χ4v) is 0.873. The van der Waals surface area contributed by atoms with Crippen molar-refractivity contribution in [1.29, 1.82) is 0 Å². The average molecular weight is 167 g/mol. The topological polar surface area (TPSA) is 32.3 Å². The second-order valence-corrected chi connectivity index (χ2v) is 2.69. The van der Waals surface area contributed by atoms with Crippen LogP contribution in [0.15, 0.2) is 36.5 Å². The van der Waals surface area contributed by atoms with Gasteiger partial charge < -0.3 is 5.21 Å². The molecule has 0 aliphatic rings. The van der Waals surface area contributed by atoms with Crippen molar-refractivity contribution in [2.75, 3.05) is 0 Å². The highest BCUT2D eigenvalue weighted by Crippen LogP contribution is 2.06. The van der Waals surface area contributed by atoms with Crippen LogP contribution < -0.4 is 5.48 Å². The zero-order chi connectivity index (χ0) is 9.40. The van der Waals surface area contributed by atoms with E-state index in [1.165, 1.54) is 5.57 Å². The van der Waals surface area contributed by atoms with Crippen LogP contribution >= 0.6 is 0 Å². The van der Waals surface area contributed by atoms with Crippen LogP contribution in [0.2, 0.25) is 0 Å². The van der Waals surface area contributed by atoms with Gasteiger partial charge in [0.1, 0.15) is 0 Å². The van der Waals surface area contributed by atoms with Gasteiger partial charge in [-0.1, -0.05) is 36.5 Å². The first-order valence-corrected chi connectivity index (χ1v) is 4.08. The van der Waals surface area contributed by atoms with Gasteiger partial charge in [0.05, 0.1) is 0 Å². The van der Waals surface area contributed by atoms with E-state index in [1.54, 1.807) is 6.08 Å². The fraction of sp³-hybridized carbons (Fsp3) is 0.400. The van der Waals surface area contributed by atoms with E-state index in [2.05, 4.69) is 12.1 Å². The molecule has 2 N–H and O–H groups in total. The molecular formula is C10H17NO. The van der Waals surface area contributed by atoms with Gasteiger partial charge in [-0.25, -0.2) is 5.48 Å². The fourth-order valence-electron chi connectivity index (χ4n) is 0.873. The highest BCUT2D eigenvalue weighted by Gasteiger charge is 1.99. The Hall–Kier alpha value is -0.860. The molecule has 0 rings (SSSR count). The van der Waals surface area contributed by atoms with Crippen LogP contribution in [-0.2, 0) is 0 Å². The molecule has 68 valence electrons. The predicted octanol–water partition coefficient (Wildman–Crippen LogP) is 2.43. The number of hydrogen-bond donors (Lipinski definition) is 2. The summed E-state index contributed by atoms with van der Waals surface area (Å²) in [6.45, 7) is 7.49. The molecule has 0 saturated carbocycles. The summed E-state index contributed by atoms with van der Waals surface area (Å²) in [6.07, 6.45) is 8.45. The van der Waals surface area contributed by atoms with Gasteiger partial charge in [-0.15, -0.1) is 0 Å². The summed E-state index contributed by atoms with van der Waals surface area (Å²) in [7, 11) is 0. The van der Waals surface area contributed by atoms with Crippen LogP contribution in [0, 0.1) is 0 Å². The lowest BCUT2D eigenvalue weighted by atomic mass is 10.1. The van der Waals surface area contributed by atoms with Gasteiger partial charge in [0.25, 0.3) is 0 Å². The van der Waals surface area contributed by atoms with Crippen molar-refractivity contribution < 1.29 is 5.21 Å². The molecule has 0 aliphatic heterocycles. The molecule has 2 nitrogen and oxygen atoms in total. The Kier molecular flexibility index (Phi) is 6.34. The number of nitrogens with one attached hydrogen (secondary N) is 1. The van der Waals surface area contributed by atoms with E-state index in [1.807, 2.05) is 32.1 Å². The van der Waals surface area contributed by atoms with Crippen molar-refractivity contribution in [3.8, 4) is 0 Å². The monoisotopic (exact) mass is 167 g/mol. The largest absolute Gasteiger partial charge is 0.317 e. The Morgan fingerprint density at radius 3 is 2.75 bits per heavy atom. The smallest absolute Gasteiger partial charge is 0.0331 e. The molecule has 0 aromatic heterocycles. The lowest BCUT2D eigenvalue weighted by Gasteiger charge is -2.08. The second kappa shape index (κ2) is 6.83. The SMILES string of the molecule is C=C/C=C\C(=C/C)C[C@@H](C)NO. The molecule has 0 unspecified atom stereocenters. The van der Waals surface area contributed by atoms with Gasteiger partial charge in [0.2, 0.25) is 0 Å². The van der Waals surface area contributed by atoms with Crippen molar-refractivity contribution >= 4 is 0 Å². The van der Waals surface area contributed by atoms with E-state index in [4.69, 9.17) is 5.21 Å². The molecule has 1 atom stereocenters. The van der Waals surface area contributed by atoms with E-state index >= 15 is 0 Å². The third kappa shape index (κ3) is 4.88. The number of hydroxylamine groups is 1. The summed E-state index contributed by atoms with van der Waals surface area (Å²) < 4.78 is 0. The molecule has 12 heavy (non-hydrogen) atoms. The molecule has 0 saturated heterocycles. The van der Waals surface area contributed by atoms with Crippen molar-refractivity contribution in [3.05, 3.63) is 36.5 Å². The number of rotatable bonds is 5. The van der Waals surface area contributed by atoms with Gasteiger partial charge in [-0.2, -0.15) is 0 Å². The molecule has 0 aliphatic carbocycles. The molecule has 0 bridgehead atoms. The molecule has 0 spiro atoms. The van der Waals surface area contributed by atoms with E-state index < -0.39 is 0 Å². The summed E-state index contributed by atoms with van der Waals surface area (Å²) in [5, 5.41) is 8.58. The molecule has 0 radical (unpaired) electrons. The molecule has 0 fully saturated rings. The molecule has 0 aromatic rings. The Labute approximate surface area is 74.3 Å². The third-order valence-corrected chi connectivity index (χ3v) is 1.58. The van der Waals surface area contributed by atoms with Gasteiger partial charge >= 0.3 is 0 Å². The predicted molar refractivity (Wildman–Crippen MR) is 52.1 cm³/mol. The quantitative estimate of drug-likeness (QED) is 0.487. The maximum Gasteiger partial charge on any atom is 0.0331 e. The Morgan fingerprint density at radius 1 is 1.67 bits per heavy atom. The number of allylic oxidation sites excluding steroid dienone is 4. The van der Waals surface area contributed by atoms with E-state index in [0.29, 0.717) is 0 Å². The zero-order valence-electron chi connectivity index (χ0n) is 7.75. The average Bonchev–Trinajstić information content (AvgIpc) is 2.11. The lowest BCUT2D eigenvalue weighted by Crippen LogP contribution is -2.21. The van der Waals surface area contributed by atoms with Gasteiger partial charge in [0, 0.05) is 6.04 Å².